The van der Waals surface area contributed by atoms with E-state index in [2.05, 4.69) is 0 Å². The van der Waals surface area contributed by atoms with Crippen LogP contribution < -0.4 is 0 Å². The number of rotatable bonds is 1. The average molecular weight is 198 g/mol. The maximum absolute atomic E-state index is 11.1. The molecule has 0 unspecified atom stereocenters. The summed E-state index contributed by atoms with van der Waals surface area (Å²) in [7, 11) is 1.63. The van der Waals surface area contributed by atoms with E-state index in [1.54, 1.807) is 13.2 Å². The van der Waals surface area contributed by atoms with E-state index in [0.29, 0.717) is 12.8 Å². The third-order valence-corrected chi connectivity index (χ3v) is 3.01. The van der Waals surface area contributed by atoms with Gasteiger partial charge < -0.3 is 4.84 Å². The van der Waals surface area contributed by atoms with Gasteiger partial charge in [-0.2, -0.15) is 5.06 Å². The molecule has 1 fully saturated rings. The van der Waals surface area contributed by atoms with E-state index in [4.69, 9.17) is 4.84 Å². The molecule has 0 bridgehead atoms. The largest absolute Gasteiger partial charge is 0.302 e. The number of hydrogen-bond donors (Lipinski definition) is 1. The van der Waals surface area contributed by atoms with Crippen LogP contribution in [0.2, 0.25) is 0 Å². The zero-order chi connectivity index (χ0) is 10.2. The summed E-state index contributed by atoms with van der Waals surface area (Å²) in [6.45, 7) is 1.45. The Balaban J connectivity index is 2.06. The summed E-state index contributed by atoms with van der Waals surface area (Å²) < 4.78 is 0. The van der Waals surface area contributed by atoms with Crippen molar-refractivity contribution >= 4 is 5.91 Å². The maximum Gasteiger partial charge on any atom is 0.270 e. The van der Waals surface area contributed by atoms with Crippen LogP contribution in [0.15, 0.2) is 12.2 Å². The Bertz CT molecular complexity index is 269. The highest BCUT2D eigenvalue weighted by Crippen LogP contribution is 2.32. The molecule has 5 heteroatoms. The quantitative estimate of drug-likeness (QED) is 0.610. The first kappa shape index (κ1) is 9.64. The fourth-order valence-corrected chi connectivity index (χ4v) is 2.02. The molecule has 78 valence electrons. The molecule has 0 aromatic rings. The Morgan fingerprint density at radius 3 is 2.57 bits per heavy atom. The topological polar surface area (TPSA) is 53.0 Å². The Hall–Kier alpha value is -0.910. The summed E-state index contributed by atoms with van der Waals surface area (Å²) in [5.41, 5.74) is -0.480. The number of nitrogens with zero attached hydrogens (tertiary/aromatic N) is 2. The molecule has 2 aliphatic heterocycles. The van der Waals surface area contributed by atoms with Gasteiger partial charge in [0.2, 0.25) is 0 Å². The molecule has 0 aromatic heterocycles. The predicted molar refractivity (Wildman–Crippen MR) is 48.3 cm³/mol. The Labute approximate surface area is 82.5 Å². The van der Waals surface area contributed by atoms with E-state index < -0.39 is 5.54 Å². The molecule has 5 nitrogen and oxygen atoms in total. The van der Waals surface area contributed by atoms with Crippen molar-refractivity contribution in [3.8, 4) is 0 Å². The lowest BCUT2D eigenvalue weighted by Gasteiger charge is -2.40. The number of carbonyl (C=O) groups is 1. The van der Waals surface area contributed by atoms with Crippen LogP contribution in [0.5, 0.6) is 0 Å². The van der Waals surface area contributed by atoms with Crippen molar-refractivity contribution < 1.29 is 14.8 Å². The lowest BCUT2D eigenvalue weighted by atomic mass is 9.89. The van der Waals surface area contributed by atoms with Crippen LogP contribution >= 0.6 is 0 Å². The van der Waals surface area contributed by atoms with Gasteiger partial charge >= 0.3 is 0 Å². The van der Waals surface area contributed by atoms with Crippen LogP contribution in [0.1, 0.15) is 12.8 Å². The normalized spacial score (nSPS) is 26.4. The number of amides is 1. The van der Waals surface area contributed by atoms with Gasteiger partial charge in [0.15, 0.2) is 0 Å². The molecule has 2 aliphatic rings. The van der Waals surface area contributed by atoms with E-state index >= 15 is 0 Å². The predicted octanol–water partition coefficient (Wildman–Crippen LogP) is 0.170. The molecular formula is C9H14N2O3. The first-order valence-corrected chi connectivity index (χ1v) is 4.69. The van der Waals surface area contributed by atoms with E-state index in [1.807, 2.05) is 5.06 Å². The van der Waals surface area contributed by atoms with Gasteiger partial charge in [-0.25, -0.2) is 5.06 Å². The number of hydrogen-bond acceptors (Lipinski definition) is 4. The summed E-state index contributed by atoms with van der Waals surface area (Å²) in [5, 5.41) is 12.3. The highest BCUT2D eigenvalue weighted by atomic mass is 16.7. The summed E-state index contributed by atoms with van der Waals surface area (Å²) in [6, 6.07) is 0. The van der Waals surface area contributed by atoms with Crippen LogP contribution in [0.4, 0.5) is 0 Å². The first-order valence-electron chi connectivity index (χ1n) is 4.69. The van der Waals surface area contributed by atoms with Crippen LogP contribution in [-0.2, 0) is 9.63 Å². The zero-order valence-electron chi connectivity index (χ0n) is 8.14. The van der Waals surface area contributed by atoms with Crippen molar-refractivity contribution in [2.75, 3.05) is 20.2 Å². The van der Waals surface area contributed by atoms with Crippen LogP contribution in [0.3, 0.4) is 0 Å². The number of carbonyl (C=O) groups excluding carboxylic acids is 1. The van der Waals surface area contributed by atoms with Crippen molar-refractivity contribution in [2.45, 2.75) is 18.4 Å². The van der Waals surface area contributed by atoms with Crippen molar-refractivity contribution in [2.24, 2.45) is 0 Å². The molecule has 0 atom stereocenters. The maximum atomic E-state index is 11.1. The SMILES string of the molecule is CON1CCC2(C=CC(=O)N2O)CC1. The minimum atomic E-state index is -0.480. The van der Waals surface area contributed by atoms with Crippen molar-refractivity contribution in [1.29, 1.82) is 0 Å². The van der Waals surface area contributed by atoms with E-state index in [0.717, 1.165) is 18.2 Å². The average Bonchev–Trinajstić information content (AvgIpc) is 2.49. The van der Waals surface area contributed by atoms with Gasteiger partial charge in [0, 0.05) is 19.2 Å². The third kappa shape index (κ3) is 1.33. The van der Waals surface area contributed by atoms with Gasteiger partial charge in [-0.1, -0.05) is 6.08 Å². The molecule has 0 aromatic carbocycles. The summed E-state index contributed by atoms with van der Waals surface area (Å²) >= 11 is 0. The van der Waals surface area contributed by atoms with E-state index in [-0.39, 0.29) is 5.91 Å². The van der Waals surface area contributed by atoms with Gasteiger partial charge in [-0.3, -0.25) is 10.0 Å². The smallest absolute Gasteiger partial charge is 0.270 e. The molecular weight excluding hydrogens is 184 g/mol. The molecule has 0 aliphatic carbocycles. The molecule has 14 heavy (non-hydrogen) atoms. The van der Waals surface area contributed by atoms with Crippen molar-refractivity contribution in [1.82, 2.24) is 10.1 Å². The summed E-state index contributed by atoms with van der Waals surface area (Å²) in [5.74, 6) is -0.323. The second-order valence-corrected chi connectivity index (χ2v) is 3.70. The van der Waals surface area contributed by atoms with Crippen molar-refractivity contribution in [3.05, 3.63) is 12.2 Å². The van der Waals surface area contributed by atoms with E-state index in [9.17, 15) is 10.0 Å². The third-order valence-electron chi connectivity index (χ3n) is 3.01. The van der Waals surface area contributed by atoms with Crippen LogP contribution in [-0.4, -0.2) is 47.0 Å². The molecule has 2 rings (SSSR count). The Morgan fingerprint density at radius 2 is 2.14 bits per heavy atom. The van der Waals surface area contributed by atoms with Gasteiger partial charge in [0.05, 0.1) is 12.6 Å². The van der Waals surface area contributed by atoms with Gasteiger partial charge in [0.1, 0.15) is 0 Å². The minimum Gasteiger partial charge on any atom is -0.302 e. The van der Waals surface area contributed by atoms with Gasteiger partial charge in [-0.05, 0) is 12.8 Å². The Morgan fingerprint density at radius 1 is 1.50 bits per heavy atom. The fourth-order valence-electron chi connectivity index (χ4n) is 2.02. The molecule has 0 radical (unpaired) electrons. The van der Waals surface area contributed by atoms with Crippen LogP contribution in [0.25, 0.3) is 0 Å². The fraction of sp³-hybridized carbons (Fsp3) is 0.667. The second-order valence-electron chi connectivity index (χ2n) is 3.70. The monoisotopic (exact) mass is 198 g/mol. The zero-order valence-corrected chi connectivity index (χ0v) is 8.14. The van der Waals surface area contributed by atoms with E-state index in [1.165, 1.54) is 6.08 Å². The highest BCUT2D eigenvalue weighted by Gasteiger charge is 2.43. The lowest BCUT2D eigenvalue weighted by Crippen LogP contribution is -2.51. The Kier molecular flexibility index (Phi) is 2.30. The number of piperidine rings is 1. The molecule has 1 saturated heterocycles. The second kappa shape index (κ2) is 3.34. The van der Waals surface area contributed by atoms with Crippen LogP contribution in [0, 0.1) is 0 Å². The summed E-state index contributed by atoms with van der Waals surface area (Å²) in [6.07, 6.45) is 4.64. The molecule has 2 heterocycles. The van der Waals surface area contributed by atoms with Gasteiger partial charge in [-0.15, -0.1) is 0 Å². The number of hydroxylamine groups is 4. The molecule has 0 saturated carbocycles. The minimum absolute atomic E-state index is 0.323. The van der Waals surface area contributed by atoms with Crippen molar-refractivity contribution in [3.63, 3.8) is 0 Å². The first-order chi connectivity index (χ1) is 6.68. The lowest BCUT2D eigenvalue weighted by molar-refractivity contribution is -0.203. The highest BCUT2D eigenvalue weighted by molar-refractivity contribution is 5.90. The standard InChI is InChI=1S/C9H14N2O3/c1-14-10-6-4-9(5-7-10)3-2-8(12)11(9)13/h2-3,13H,4-7H2,1H3. The molecule has 1 N–H and O–H groups in total. The van der Waals surface area contributed by atoms with Gasteiger partial charge in [0.25, 0.3) is 5.91 Å². The molecule has 1 amide bonds. The molecule has 1 spiro atoms. The summed E-state index contributed by atoms with van der Waals surface area (Å²) in [4.78, 5) is 16.2.